The van der Waals surface area contributed by atoms with Gasteiger partial charge in [0.05, 0.1) is 18.7 Å². The lowest BCUT2D eigenvalue weighted by molar-refractivity contribution is -0.374. The first-order chi connectivity index (χ1) is 11.6. The Labute approximate surface area is 142 Å². The maximum Gasteiger partial charge on any atom is 0.292 e. The van der Waals surface area contributed by atoms with Crippen LogP contribution in [0.5, 0.6) is 0 Å². The third-order valence-corrected chi connectivity index (χ3v) is 4.47. The zero-order chi connectivity index (χ0) is 17.1. The number of hydrogen-bond acceptors (Lipinski definition) is 4. The highest BCUT2D eigenvalue weighted by atomic mass is 16.1. The second-order valence-corrected chi connectivity index (χ2v) is 6.05. The van der Waals surface area contributed by atoms with Crippen LogP contribution in [0.25, 0.3) is 0 Å². The van der Waals surface area contributed by atoms with Crippen LogP contribution in [0.15, 0.2) is 36.4 Å². The number of Topliss-reactive ketones (excluding diaryl/α,β-unsaturated/α-hetero) is 1. The quantitative estimate of drug-likeness (QED) is 0.813. The van der Waals surface area contributed by atoms with Gasteiger partial charge in [0.2, 0.25) is 0 Å². The third kappa shape index (κ3) is 3.09. The van der Waals surface area contributed by atoms with Crippen LogP contribution < -0.4 is 14.8 Å². The zero-order valence-electron chi connectivity index (χ0n) is 14.0. The van der Waals surface area contributed by atoms with E-state index in [2.05, 4.69) is 33.0 Å². The van der Waals surface area contributed by atoms with Gasteiger partial charge >= 0.3 is 0 Å². The summed E-state index contributed by atoms with van der Waals surface area (Å²) in [5.41, 5.74) is 3.14. The van der Waals surface area contributed by atoms with Crippen LogP contribution in [0.1, 0.15) is 28.5 Å². The van der Waals surface area contributed by atoms with Crippen LogP contribution in [0.2, 0.25) is 0 Å². The predicted molar refractivity (Wildman–Crippen MR) is 93.3 cm³/mol. The summed E-state index contributed by atoms with van der Waals surface area (Å²) in [6.07, 6.45) is 0. The highest BCUT2D eigenvalue weighted by Crippen LogP contribution is 2.21. The molecule has 2 aromatic rings. The Morgan fingerprint density at radius 3 is 2.33 bits per heavy atom. The van der Waals surface area contributed by atoms with Crippen LogP contribution in [0.3, 0.4) is 0 Å². The van der Waals surface area contributed by atoms with Crippen LogP contribution >= 0.6 is 0 Å². The standard InChI is InChI=1S/C19H20N4O/c1-14-18(15(2)24)12-16(13-20)19(21-14)23-10-8-22(9-11-23)17-6-4-3-5-7-17/h3-7,12H,8-11H2,1-2H3/p+1. The summed E-state index contributed by atoms with van der Waals surface area (Å²) in [7, 11) is 0. The maximum atomic E-state index is 11.7. The summed E-state index contributed by atoms with van der Waals surface area (Å²) in [4.78, 5) is 19.5. The van der Waals surface area contributed by atoms with Gasteiger partial charge in [0.15, 0.2) is 5.78 Å². The van der Waals surface area contributed by atoms with E-state index in [1.807, 2.05) is 25.1 Å². The second-order valence-electron chi connectivity index (χ2n) is 6.05. The lowest BCUT2D eigenvalue weighted by Crippen LogP contribution is -2.48. The Hall–Kier alpha value is -2.87. The van der Waals surface area contributed by atoms with E-state index >= 15 is 0 Å². The number of aromatic amines is 1. The van der Waals surface area contributed by atoms with Crippen molar-refractivity contribution in [1.82, 2.24) is 0 Å². The number of anilines is 2. The minimum absolute atomic E-state index is 0.0271. The number of ketones is 1. The molecule has 0 aliphatic carbocycles. The molecule has 2 heterocycles. The lowest BCUT2D eigenvalue weighted by atomic mass is 10.1. The minimum atomic E-state index is -0.0271. The molecular formula is C19H21N4O+. The fraction of sp³-hybridized carbons (Fsp3) is 0.316. The molecule has 1 aromatic carbocycles. The molecule has 1 saturated heterocycles. The molecule has 0 radical (unpaired) electrons. The van der Waals surface area contributed by atoms with E-state index in [0.29, 0.717) is 11.1 Å². The van der Waals surface area contributed by atoms with Crippen molar-refractivity contribution in [1.29, 1.82) is 5.26 Å². The molecule has 3 rings (SSSR count). The van der Waals surface area contributed by atoms with Crippen molar-refractivity contribution in [3.8, 4) is 6.07 Å². The minimum Gasteiger partial charge on any atom is -0.364 e. The number of H-pyrrole nitrogens is 1. The van der Waals surface area contributed by atoms with Gasteiger partial charge in [0, 0.05) is 5.69 Å². The van der Waals surface area contributed by atoms with Crippen molar-refractivity contribution in [2.24, 2.45) is 0 Å². The SMILES string of the molecule is CC(=O)c1cc(C#N)c(N2CCN(c3ccccc3)CC2)[nH+]c1C. The van der Waals surface area contributed by atoms with Gasteiger partial charge in [0.1, 0.15) is 30.4 Å². The highest BCUT2D eigenvalue weighted by Gasteiger charge is 2.27. The molecule has 1 aliphatic heterocycles. The van der Waals surface area contributed by atoms with Crippen molar-refractivity contribution >= 4 is 17.3 Å². The number of rotatable bonds is 3. The molecular weight excluding hydrogens is 300 g/mol. The molecule has 1 fully saturated rings. The van der Waals surface area contributed by atoms with Crippen LogP contribution in [0, 0.1) is 18.3 Å². The summed E-state index contributed by atoms with van der Waals surface area (Å²) >= 11 is 0. The molecule has 1 N–H and O–H groups in total. The number of aryl methyl sites for hydroxylation is 1. The average molecular weight is 321 g/mol. The summed E-state index contributed by atoms with van der Waals surface area (Å²) in [6.45, 7) is 6.86. The number of nitriles is 1. The zero-order valence-corrected chi connectivity index (χ0v) is 14.0. The average Bonchev–Trinajstić information content (AvgIpc) is 2.62. The smallest absolute Gasteiger partial charge is 0.292 e. The summed E-state index contributed by atoms with van der Waals surface area (Å²) in [5, 5.41) is 9.46. The van der Waals surface area contributed by atoms with Gasteiger partial charge in [-0.05, 0) is 32.0 Å². The summed E-state index contributed by atoms with van der Waals surface area (Å²) < 4.78 is 0. The van der Waals surface area contributed by atoms with Gasteiger partial charge < -0.3 is 4.90 Å². The first-order valence-corrected chi connectivity index (χ1v) is 8.13. The number of piperazine rings is 1. The van der Waals surface area contributed by atoms with E-state index in [-0.39, 0.29) is 5.78 Å². The van der Waals surface area contributed by atoms with Gasteiger partial charge in [-0.3, -0.25) is 9.69 Å². The monoisotopic (exact) mass is 321 g/mol. The predicted octanol–water partition coefficient (Wildman–Crippen LogP) is 2.21. The van der Waals surface area contributed by atoms with Crippen molar-refractivity contribution in [3.63, 3.8) is 0 Å². The third-order valence-electron chi connectivity index (χ3n) is 4.47. The van der Waals surface area contributed by atoms with Crippen LogP contribution in [0.4, 0.5) is 11.5 Å². The Kier molecular flexibility index (Phi) is 4.48. The molecule has 0 saturated carbocycles. The normalized spacial score (nSPS) is 14.4. The van der Waals surface area contributed by atoms with Gasteiger partial charge in [-0.1, -0.05) is 18.2 Å². The number of carbonyl (C=O) groups excluding carboxylic acids is 1. The van der Waals surface area contributed by atoms with Crippen LogP contribution in [-0.4, -0.2) is 32.0 Å². The number of nitrogens with one attached hydrogen (secondary N) is 1. The van der Waals surface area contributed by atoms with Gasteiger partial charge in [-0.25, -0.2) is 4.98 Å². The fourth-order valence-corrected chi connectivity index (χ4v) is 3.16. The number of pyridine rings is 1. The summed E-state index contributed by atoms with van der Waals surface area (Å²) in [6, 6.07) is 14.3. The molecule has 122 valence electrons. The molecule has 0 atom stereocenters. The van der Waals surface area contributed by atoms with E-state index in [9.17, 15) is 10.1 Å². The first kappa shape index (κ1) is 16.0. The highest BCUT2D eigenvalue weighted by molar-refractivity contribution is 5.95. The van der Waals surface area contributed by atoms with Crippen molar-refractivity contribution in [2.45, 2.75) is 13.8 Å². The van der Waals surface area contributed by atoms with Gasteiger partial charge in [0.25, 0.3) is 5.82 Å². The van der Waals surface area contributed by atoms with Gasteiger partial charge in [-0.15, -0.1) is 0 Å². The molecule has 1 aromatic heterocycles. The fourth-order valence-electron chi connectivity index (χ4n) is 3.16. The topological polar surface area (TPSA) is 61.5 Å². The van der Waals surface area contributed by atoms with E-state index in [1.165, 1.54) is 12.6 Å². The molecule has 5 heteroatoms. The van der Waals surface area contributed by atoms with Crippen molar-refractivity contribution < 1.29 is 9.78 Å². The molecule has 0 unspecified atom stereocenters. The Morgan fingerprint density at radius 1 is 1.12 bits per heavy atom. The maximum absolute atomic E-state index is 11.7. The Balaban J connectivity index is 1.81. The number of benzene rings is 1. The van der Waals surface area contributed by atoms with E-state index in [4.69, 9.17) is 0 Å². The molecule has 0 amide bonds. The van der Waals surface area contributed by atoms with E-state index in [0.717, 1.165) is 37.7 Å². The number of hydrogen-bond donors (Lipinski definition) is 0. The number of para-hydroxylation sites is 1. The lowest BCUT2D eigenvalue weighted by Gasteiger charge is -2.32. The molecule has 1 aliphatic rings. The van der Waals surface area contributed by atoms with E-state index in [1.54, 1.807) is 6.07 Å². The Bertz CT molecular complexity index is 787. The van der Waals surface area contributed by atoms with Crippen molar-refractivity contribution in [3.05, 3.63) is 53.2 Å². The van der Waals surface area contributed by atoms with Crippen molar-refractivity contribution in [2.75, 3.05) is 36.0 Å². The number of carbonyl (C=O) groups is 1. The number of nitrogens with zero attached hydrogens (tertiary/aromatic N) is 3. The summed E-state index contributed by atoms with van der Waals surface area (Å²) in [5.74, 6) is 0.786. The van der Waals surface area contributed by atoms with E-state index < -0.39 is 0 Å². The molecule has 5 nitrogen and oxygen atoms in total. The second kappa shape index (κ2) is 6.71. The van der Waals surface area contributed by atoms with Gasteiger partial charge in [-0.2, -0.15) is 5.26 Å². The van der Waals surface area contributed by atoms with Crippen LogP contribution in [-0.2, 0) is 0 Å². The molecule has 0 bridgehead atoms. The largest absolute Gasteiger partial charge is 0.364 e. The molecule has 0 spiro atoms. The first-order valence-electron chi connectivity index (χ1n) is 8.13. The Morgan fingerprint density at radius 2 is 1.75 bits per heavy atom. The number of aromatic nitrogens is 1. The molecule has 24 heavy (non-hydrogen) atoms.